The van der Waals surface area contributed by atoms with Crippen molar-refractivity contribution in [2.24, 2.45) is 7.05 Å². The molecule has 0 amide bonds. The SMILES string of the molecule is Cn1ccnc1C1CNCCN1Cc1cncc(Br)c1. The number of halogens is 1. The molecule has 1 unspecified atom stereocenters. The number of piperazine rings is 1. The summed E-state index contributed by atoms with van der Waals surface area (Å²) in [4.78, 5) is 11.2. The molecule has 0 aromatic carbocycles. The highest BCUT2D eigenvalue weighted by Gasteiger charge is 2.26. The van der Waals surface area contributed by atoms with Gasteiger partial charge in [0.25, 0.3) is 0 Å². The second-order valence-corrected chi connectivity index (χ2v) is 6.01. The smallest absolute Gasteiger partial charge is 0.127 e. The topological polar surface area (TPSA) is 46.0 Å². The number of aromatic nitrogens is 3. The Labute approximate surface area is 127 Å². The molecule has 1 saturated heterocycles. The summed E-state index contributed by atoms with van der Waals surface area (Å²) in [5.74, 6) is 1.11. The van der Waals surface area contributed by atoms with E-state index in [0.717, 1.165) is 36.5 Å². The molecule has 0 aliphatic carbocycles. The van der Waals surface area contributed by atoms with Gasteiger partial charge < -0.3 is 9.88 Å². The average molecular weight is 336 g/mol. The molecule has 0 saturated carbocycles. The van der Waals surface area contributed by atoms with Gasteiger partial charge in [0.2, 0.25) is 0 Å². The highest BCUT2D eigenvalue weighted by molar-refractivity contribution is 9.10. The number of aryl methyl sites for hydroxylation is 1. The Morgan fingerprint density at radius 1 is 1.45 bits per heavy atom. The summed E-state index contributed by atoms with van der Waals surface area (Å²) in [6.07, 6.45) is 7.62. The van der Waals surface area contributed by atoms with Gasteiger partial charge in [-0.05, 0) is 27.6 Å². The number of rotatable bonds is 3. The maximum absolute atomic E-state index is 4.51. The third kappa shape index (κ3) is 2.92. The largest absolute Gasteiger partial charge is 0.337 e. The first-order valence-corrected chi connectivity index (χ1v) is 7.55. The third-order valence-electron chi connectivity index (χ3n) is 3.66. The van der Waals surface area contributed by atoms with Crippen LogP contribution in [0, 0.1) is 0 Å². The number of pyridine rings is 1. The molecular weight excluding hydrogens is 318 g/mol. The Bertz CT molecular complexity index is 582. The van der Waals surface area contributed by atoms with Gasteiger partial charge in [-0.3, -0.25) is 9.88 Å². The number of nitrogens with zero attached hydrogens (tertiary/aromatic N) is 4. The Kier molecular flexibility index (Phi) is 4.14. The maximum Gasteiger partial charge on any atom is 0.127 e. The van der Waals surface area contributed by atoms with Gasteiger partial charge in [0.15, 0.2) is 0 Å². The normalized spacial score (nSPS) is 20.2. The van der Waals surface area contributed by atoms with Crippen molar-refractivity contribution in [1.29, 1.82) is 0 Å². The lowest BCUT2D eigenvalue weighted by Gasteiger charge is -2.35. The first-order chi connectivity index (χ1) is 9.74. The van der Waals surface area contributed by atoms with Crippen LogP contribution in [-0.2, 0) is 13.6 Å². The van der Waals surface area contributed by atoms with Gasteiger partial charge in [-0.25, -0.2) is 4.98 Å². The van der Waals surface area contributed by atoms with Crippen LogP contribution >= 0.6 is 15.9 Å². The monoisotopic (exact) mass is 335 g/mol. The maximum atomic E-state index is 4.51. The summed E-state index contributed by atoms with van der Waals surface area (Å²) < 4.78 is 3.13. The minimum absolute atomic E-state index is 0.308. The fourth-order valence-electron chi connectivity index (χ4n) is 2.67. The Balaban J connectivity index is 1.81. The molecule has 0 spiro atoms. The van der Waals surface area contributed by atoms with Gasteiger partial charge in [0.1, 0.15) is 5.82 Å². The predicted molar refractivity (Wildman–Crippen MR) is 81.2 cm³/mol. The molecule has 2 aromatic rings. The van der Waals surface area contributed by atoms with Crippen molar-refractivity contribution in [3.05, 3.63) is 46.7 Å². The van der Waals surface area contributed by atoms with Crippen LogP contribution in [0.5, 0.6) is 0 Å². The minimum Gasteiger partial charge on any atom is -0.337 e. The molecule has 2 aromatic heterocycles. The van der Waals surface area contributed by atoms with Crippen LogP contribution in [0.25, 0.3) is 0 Å². The van der Waals surface area contributed by atoms with Crippen LogP contribution in [0.15, 0.2) is 35.3 Å². The van der Waals surface area contributed by atoms with Crippen molar-refractivity contribution in [3.8, 4) is 0 Å². The second kappa shape index (κ2) is 6.03. The van der Waals surface area contributed by atoms with Crippen LogP contribution in [0.4, 0.5) is 0 Å². The van der Waals surface area contributed by atoms with E-state index >= 15 is 0 Å². The van der Waals surface area contributed by atoms with Crippen LogP contribution in [0.2, 0.25) is 0 Å². The zero-order valence-electron chi connectivity index (χ0n) is 11.5. The molecule has 0 radical (unpaired) electrons. The van der Waals surface area contributed by atoms with Crippen molar-refractivity contribution in [3.63, 3.8) is 0 Å². The molecule has 1 aliphatic rings. The van der Waals surface area contributed by atoms with E-state index in [0.29, 0.717) is 6.04 Å². The van der Waals surface area contributed by atoms with E-state index in [1.54, 1.807) is 0 Å². The molecule has 5 nitrogen and oxygen atoms in total. The fourth-order valence-corrected chi connectivity index (χ4v) is 3.08. The van der Waals surface area contributed by atoms with Gasteiger partial charge in [0.05, 0.1) is 6.04 Å². The molecule has 1 fully saturated rings. The zero-order chi connectivity index (χ0) is 13.9. The number of hydrogen-bond acceptors (Lipinski definition) is 4. The van der Waals surface area contributed by atoms with E-state index in [1.807, 2.05) is 24.8 Å². The zero-order valence-corrected chi connectivity index (χ0v) is 13.0. The Morgan fingerprint density at radius 3 is 3.10 bits per heavy atom. The van der Waals surface area contributed by atoms with E-state index in [-0.39, 0.29) is 0 Å². The van der Waals surface area contributed by atoms with Crippen molar-refractivity contribution in [1.82, 2.24) is 24.8 Å². The number of nitrogens with one attached hydrogen (secondary N) is 1. The standard InChI is InChI=1S/C14H18BrN5/c1-19-4-3-18-14(19)13-9-16-2-5-20(13)10-11-6-12(15)8-17-7-11/h3-4,6-8,13,16H,2,5,9-10H2,1H3. The average Bonchev–Trinajstić information content (AvgIpc) is 2.86. The van der Waals surface area contributed by atoms with E-state index in [4.69, 9.17) is 0 Å². The van der Waals surface area contributed by atoms with Gasteiger partial charge in [-0.1, -0.05) is 0 Å². The highest BCUT2D eigenvalue weighted by atomic mass is 79.9. The van der Waals surface area contributed by atoms with Gasteiger partial charge >= 0.3 is 0 Å². The quantitative estimate of drug-likeness (QED) is 0.927. The van der Waals surface area contributed by atoms with Crippen molar-refractivity contribution in [2.45, 2.75) is 12.6 Å². The summed E-state index contributed by atoms with van der Waals surface area (Å²) in [7, 11) is 2.05. The van der Waals surface area contributed by atoms with Crippen LogP contribution in [0.3, 0.4) is 0 Å². The number of hydrogen-bond donors (Lipinski definition) is 1. The summed E-state index contributed by atoms with van der Waals surface area (Å²) in [6.45, 7) is 3.87. The molecule has 106 valence electrons. The fraction of sp³-hybridized carbons (Fsp3) is 0.429. The molecule has 1 aliphatic heterocycles. The van der Waals surface area contributed by atoms with E-state index < -0.39 is 0 Å². The van der Waals surface area contributed by atoms with Crippen molar-refractivity contribution >= 4 is 15.9 Å². The predicted octanol–water partition coefficient (Wildman–Crippen LogP) is 1.72. The molecule has 3 heterocycles. The van der Waals surface area contributed by atoms with E-state index in [9.17, 15) is 0 Å². The summed E-state index contributed by atoms with van der Waals surface area (Å²) >= 11 is 3.48. The Hall–Kier alpha value is -1.24. The molecule has 0 bridgehead atoms. The molecule has 1 N–H and O–H groups in total. The summed E-state index contributed by atoms with van der Waals surface area (Å²) in [5, 5.41) is 3.46. The van der Waals surface area contributed by atoms with E-state index in [1.165, 1.54) is 5.56 Å². The van der Waals surface area contributed by atoms with Gasteiger partial charge in [-0.2, -0.15) is 0 Å². The lowest BCUT2D eigenvalue weighted by Crippen LogP contribution is -2.46. The van der Waals surface area contributed by atoms with Gasteiger partial charge in [-0.15, -0.1) is 0 Å². The third-order valence-corrected chi connectivity index (χ3v) is 4.09. The molecule has 1 atom stereocenters. The summed E-state index contributed by atoms with van der Waals surface area (Å²) in [6, 6.07) is 2.44. The first kappa shape index (κ1) is 13.7. The first-order valence-electron chi connectivity index (χ1n) is 6.75. The van der Waals surface area contributed by atoms with Crippen LogP contribution < -0.4 is 5.32 Å². The molecule has 3 rings (SSSR count). The van der Waals surface area contributed by atoms with Crippen LogP contribution in [-0.4, -0.2) is 39.1 Å². The lowest BCUT2D eigenvalue weighted by atomic mass is 10.1. The van der Waals surface area contributed by atoms with Gasteiger partial charge in [0, 0.05) is 62.5 Å². The second-order valence-electron chi connectivity index (χ2n) is 5.10. The lowest BCUT2D eigenvalue weighted by molar-refractivity contribution is 0.144. The minimum atomic E-state index is 0.308. The molecule has 6 heteroatoms. The van der Waals surface area contributed by atoms with E-state index in [2.05, 4.69) is 53.8 Å². The Morgan fingerprint density at radius 2 is 2.35 bits per heavy atom. The van der Waals surface area contributed by atoms with Crippen molar-refractivity contribution in [2.75, 3.05) is 19.6 Å². The molecule has 20 heavy (non-hydrogen) atoms. The molecular formula is C14H18BrN5. The highest BCUT2D eigenvalue weighted by Crippen LogP contribution is 2.23. The van der Waals surface area contributed by atoms with Crippen LogP contribution in [0.1, 0.15) is 17.4 Å². The summed E-state index contributed by atoms with van der Waals surface area (Å²) in [5.41, 5.74) is 1.22. The number of imidazole rings is 1. The van der Waals surface area contributed by atoms with Crippen molar-refractivity contribution < 1.29 is 0 Å².